The maximum atomic E-state index is 14.2. The maximum Gasteiger partial charge on any atom is 0.313 e. The van der Waals surface area contributed by atoms with Gasteiger partial charge in [-0.3, -0.25) is 4.79 Å². The lowest BCUT2D eigenvalue weighted by molar-refractivity contribution is -0.150. The first kappa shape index (κ1) is 14.8. The van der Waals surface area contributed by atoms with Gasteiger partial charge >= 0.3 is 5.97 Å². The third-order valence-electron chi connectivity index (χ3n) is 4.61. The van der Waals surface area contributed by atoms with E-state index in [4.69, 9.17) is 21.1 Å². The van der Waals surface area contributed by atoms with Crippen LogP contribution in [-0.4, -0.2) is 39.3 Å². The van der Waals surface area contributed by atoms with E-state index in [2.05, 4.69) is 9.97 Å². The number of ether oxygens (including phenoxy) is 2. The molecule has 6 nitrogen and oxygen atoms in total. The molecule has 2 aliphatic heterocycles. The third-order valence-corrected chi connectivity index (χ3v) is 4.79. The predicted molar refractivity (Wildman–Crippen MR) is 79.6 cm³/mol. The quantitative estimate of drug-likeness (QED) is 0.635. The lowest BCUT2D eigenvalue weighted by atomic mass is 9.84. The molecule has 23 heavy (non-hydrogen) atoms. The van der Waals surface area contributed by atoms with Gasteiger partial charge in [0.05, 0.1) is 30.2 Å². The van der Waals surface area contributed by atoms with Crippen molar-refractivity contribution in [2.24, 2.45) is 5.92 Å². The monoisotopic (exact) mass is 339 g/mol. The number of hydrogen-bond acceptors (Lipinski definition) is 5. The average molecular weight is 340 g/mol. The molecule has 0 N–H and O–H groups in total. The molecule has 0 unspecified atom stereocenters. The standard InChI is InChI=1S/C15H15ClFN3O3/c1-2-22-14(21)11-9-3-4-10(23-9)12(11)20-6-8(17)7-5-18-15(16)19-13(7)20/h5-6,9-12H,2-4H2,1H3/t9-,10+,11-,12-/m0/s1. The molecular weight excluding hydrogens is 325 g/mol. The molecule has 8 heteroatoms. The summed E-state index contributed by atoms with van der Waals surface area (Å²) in [5.41, 5.74) is 0.373. The molecule has 0 radical (unpaired) electrons. The molecular formula is C15H15ClFN3O3. The number of carbonyl (C=O) groups excluding carboxylic acids is 1. The maximum absolute atomic E-state index is 14.2. The molecule has 0 saturated carbocycles. The molecule has 4 atom stereocenters. The van der Waals surface area contributed by atoms with Crippen molar-refractivity contribution in [1.82, 2.24) is 14.5 Å². The highest BCUT2D eigenvalue weighted by molar-refractivity contribution is 6.28. The Morgan fingerprint density at radius 2 is 2.30 bits per heavy atom. The molecule has 0 aromatic carbocycles. The molecule has 0 amide bonds. The summed E-state index contributed by atoms with van der Waals surface area (Å²) < 4.78 is 26.9. The number of esters is 1. The van der Waals surface area contributed by atoms with E-state index in [0.717, 1.165) is 12.8 Å². The highest BCUT2D eigenvalue weighted by atomic mass is 35.5. The SMILES string of the molecule is CCOC(=O)[C@@H]1[C@@H](n2cc(F)c3cnc(Cl)nc32)[C@H]2CC[C@@H]1O2. The van der Waals surface area contributed by atoms with E-state index < -0.39 is 11.7 Å². The van der Waals surface area contributed by atoms with Crippen molar-refractivity contribution in [2.45, 2.75) is 38.0 Å². The highest BCUT2D eigenvalue weighted by Gasteiger charge is 2.54. The van der Waals surface area contributed by atoms with Gasteiger partial charge in [-0.15, -0.1) is 0 Å². The molecule has 0 spiro atoms. The van der Waals surface area contributed by atoms with Gasteiger partial charge in [0, 0.05) is 12.4 Å². The third kappa shape index (κ3) is 2.21. The van der Waals surface area contributed by atoms with E-state index in [1.807, 2.05) is 0 Å². The molecule has 2 aliphatic rings. The summed E-state index contributed by atoms with van der Waals surface area (Å²) in [5.74, 6) is -1.22. The molecule has 4 rings (SSSR count). The Morgan fingerprint density at radius 3 is 3.09 bits per heavy atom. The smallest absolute Gasteiger partial charge is 0.313 e. The summed E-state index contributed by atoms with van der Waals surface area (Å²) in [6.45, 7) is 2.06. The van der Waals surface area contributed by atoms with Crippen molar-refractivity contribution in [3.63, 3.8) is 0 Å². The fourth-order valence-corrected chi connectivity index (χ4v) is 3.86. The van der Waals surface area contributed by atoms with Crippen molar-refractivity contribution in [2.75, 3.05) is 6.61 Å². The lowest BCUT2D eigenvalue weighted by Gasteiger charge is -2.27. The number of aromatic nitrogens is 3. The average Bonchev–Trinajstić information content (AvgIpc) is 3.20. The number of fused-ring (bicyclic) bond motifs is 3. The second-order valence-corrected chi connectivity index (χ2v) is 6.16. The Labute approximate surface area is 136 Å². The van der Waals surface area contributed by atoms with E-state index >= 15 is 0 Å². The van der Waals surface area contributed by atoms with E-state index in [-0.39, 0.29) is 34.9 Å². The summed E-state index contributed by atoms with van der Waals surface area (Å²) in [5, 5.41) is 0.313. The summed E-state index contributed by atoms with van der Waals surface area (Å²) in [4.78, 5) is 20.3. The van der Waals surface area contributed by atoms with E-state index in [1.165, 1.54) is 12.4 Å². The van der Waals surface area contributed by atoms with Gasteiger partial charge in [0.2, 0.25) is 5.28 Å². The second-order valence-electron chi connectivity index (χ2n) is 5.82. The molecule has 2 aromatic heterocycles. The van der Waals surface area contributed by atoms with E-state index in [9.17, 15) is 9.18 Å². The van der Waals surface area contributed by atoms with Gasteiger partial charge < -0.3 is 14.0 Å². The van der Waals surface area contributed by atoms with Gasteiger partial charge in [0.15, 0.2) is 5.82 Å². The summed E-state index contributed by atoms with van der Waals surface area (Å²) in [6, 6.07) is -0.342. The van der Waals surface area contributed by atoms with Gasteiger partial charge in [0.25, 0.3) is 0 Å². The van der Waals surface area contributed by atoms with Crippen molar-refractivity contribution in [1.29, 1.82) is 0 Å². The van der Waals surface area contributed by atoms with Crippen LogP contribution in [0.1, 0.15) is 25.8 Å². The van der Waals surface area contributed by atoms with E-state index in [1.54, 1.807) is 11.5 Å². The molecule has 0 aliphatic carbocycles. The zero-order valence-corrected chi connectivity index (χ0v) is 13.2. The Kier molecular flexibility index (Phi) is 3.50. The van der Waals surface area contributed by atoms with Crippen LogP contribution < -0.4 is 0 Å². The molecule has 2 aromatic rings. The Hall–Kier alpha value is -1.73. The van der Waals surface area contributed by atoms with Gasteiger partial charge in [-0.1, -0.05) is 0 Å². The zero-order chi connectivity index (χ0) is 16.1. The van der Waals surface area contributed by atoms with Crippen molar-refractivity contribution < 1.29 is 18.7 Å². The fourth-order valence-electron chi connectivity index (χ4n) is 3.73. The molecule has 2 saturated heterocycles. The van der Waals surface area contributed by atoms with Crippen LogP contribution in [0.4, 0.5) is 4.39 Å². The Balaban J connectivity index is 1.82. The molecule has 122 valence electrons. The van der Waals surface area contributed by atoms with Crippen molar-refractivity contribution in [3.8, 4) is 0 Å². The molecule has 2 bridgehead atoms. The highest BCUT2D eigenvalue weighted by Crippen LogP contribution is 2.47. The number of halogens is 2. The minimum absolute atomic E-state index is 0.0357. The van der Waals surface area contributed by atoms with Crippen LogP contribution >= 0.6 is 11.6 Å². The summed E-state index contributed by atoms with van der Waals surface area (Å²) in [6.07, 6.45) is 3.98. The summed E-state index contributed by atoms with van der Waals surface area (Å²) >= 11 is 5.85. The minimum atomic E-state index is -0.461. The second kappa shape index (κ2) is 5.42. The Bertz CT molecular complexity index is 781. The Morgan fingerprint density at radius 1 is 1.52 bits per heavy atom. The van der Waals surface area contributed by atoms with Gasteiger partial charge in [0.1, 0.15) is 11.6 Å². The zero-order valence-electron chi connectivity index (χ0n) is 12.4. The predicted octanol–water partition coefficient (Wildman–Crippen LogP) is 2.51. The normalized spacial score (nSPS) is 29.3. The van der Waals surface area contributed by atoms with Crippen LogP contribution in [0, 0.1) is 11.7 Å². The van der Waals surface area contributed by atoms with Gasteiger partial charge in [-0.05, 0) is 31.4 Å². The van der Waals surface area contributed by atoms with Crippen LogP contribution in [0.5, 0.6) is 0 Å². The van der Waals surface area contributed by atoms with Crippen LogP contribution in [0.25, 0.3) is 11.0 Å². The van der Waals surface area contributed by atoms with E-state index in [0.29, 0.717) is 12.3 Å². The first-order valence-corrected chi connectivity index (χ1v) is 7.98. The number of carbonyl (C=O) groups is 1. The van der Waals surface area contributed by atoms with Crippen molar-refractivity contribution in [3.05, 3.63) is 23.5 Å². The van der Waals surface area contributed by atoms with Crippen molar-refractivity contribution >= 4 is 28.6 Å². The fraction of sp³-hybridized carbons (Fsp3) is 0.533. The first-order chi connectivity index (χ1) is 11.1. The summed E-state index contributed by atoms with van der Waals surface area (Å²) in [7, 11) is 0. The number of rotatable bonds is 3. The first-order valence-electron chi connectivity index (χ1n) is 7.60. The lowest BCUT2D eigenvalue weighted by Crippen LogP contribution is -2.36. The molecule has 2 fully saturated rings. The topological polar surface area (TPSA) is 66.2 Å². The largest absolute Gasteiger partial charge is 0.466 e. The van der Waals surface area contributed by atoms with Gasteiger partial charge in [-0.25, -0.2) is 9.37 Å². The van der Waals surface area contributed by atoms with Crippen LogP contribution in [0.3, 0.4) is 0 Å². The van der Waals surface area contributed by atoms with Gasteiger partial charge in [-0.2, -0.15) is 4.98 Å². The number of nitrogens with zero attached hydrogens (tertiary/aromatic N) is 3. The number of hydrogen-bond donors (Lipinski definition) is 0. The van der Waals surface area contributed by atoms with Crippen LogP contribution in [0.2, 0.25) is 5.28 Å². The minimum Gasteiger partial charge on any atom is -0.466 e. The van der Waals surface area contributed by atoms with Crippen LogP contribution in [-0.2, 0) is 14.3 Å². The molecule has 4 heterocycles. The van der Waals surface area contributed by atoms with Crippen LogP contribution in [0.15, 0.2) is 12.4 Å².